The number of hydrogen-bond donors (Lipinski definition) is 2. The van der Waals surface area contributed by atoms with Gasteiger partial charge >= 0.3 is 0 Å². The zero-order chi connectivity index (χ0) is 17.4. The van der Waals surface area contributed by atoms with Gasteiger partial charge in [-0.1, -0.05) is 17.2 Å². The van der Waals surface area contributed by atoms with Gasteiger partial charge in [-0.2, -0.15) is 5.10 Å². The Balaban J connectivity index is 1.56. The third-order valence-electron chi connectivity index (χ3n) is 3.87. The number of fused-ring (bicyclic) bond motifs is 1. The molecule has 0 saturated heterocycles. The lowest BCUT2D eigenvalue weighted by Gasteiger charge is -2.02. The van der Waals surface area contributed by atoms with Gasteiger partial charge in [0.15, 0.2) is 5.82 Å². The number of nitrogens with one attached hydrogen (secondary N) is 2. The zero-order valence-electron chi connectivity index (χ0n) is 13.7. The van der Waals surface area contributed by atoms with E-state index in [1.807, 2.05) is 19.9 Å². The zero-order valence-corrected chi connectivity index (χ0v) is 13.7. The quantitative estimate of drug-likeness (QED) is 0.598. The van der Waals surface area contributed by atoms with Crippen LogP contribution in [0.3, 0.4) is 0 Å². The van der Waals surface area contributed by atoms with Crippen LogP contribution in [0.5, 0.6) is 0 Å². The number of anilines is 1. The average molecular weight is 333 g/mol. The largest absolute Gasteiger partial charge is 0.305 e. The Morgan fingerprint density at radius 1 is 1.00 bits per heavy atom. The SMILES string of the molecule is Cc1cc(C)cc(-c2cc(NC(=O)c3ccc4nonc4c3)n[nH]2)c1. The van der Waals surface area contributed by atoms with Gasteiger partial charge in [-0.15, -0.1) is 0 Å². The fourth-order valence-corrected chi connectivity index (χ4v) is 2.78. The number of benzene rings is 2. The van der Waals surface area contributed by atoms with Crippen LogP contribution in [0.4, 0.5) is 5.82 Å². The summed E-state index contributed by atoms with van der Waals surface area (Å²) in [6.07, 6.45) is 0. The van der Waals surface area contributed by atoms with Gasteiger partial charge in [-0.3, -0.25) is 9.89 Å². The maximum atomic E-state index is 12.4. The second kappa shape index (κ2) is 5.86. The van der Waals surface area contributed by atoms with Gasteiger partial charge in [0.1, 0.15) is 11.0 Å². The number of carbonyl (C=O) groups excluding carboxylic acids is 1. The van der Waals surface area contributed by atoms with Gasteiger partial charge in [0.05, 0.1) is 5.69 Å². The molecule has 0 aliphatic heterocycles. The highest BCUT2D eigenvalue weighted by Crippen LogP contribution is 2.23. The lowest BCUT2D eigenvalue weighted by Crippen LogP contribution is -2.12. The van der Waals surface area contributed by atoms with E-state index in [-0.39, 0.29) is 5.91 Å². The molecule has 2 heterocycles. The Morgan fingerprint density at radius 3 is 2.56 bits per heavy atom. The third kappa shape index (κ3) is 2.99. The molecule has 0 bridgehead atoms. The summed E-state index contributed by atoms with van der Waals surface area (Å²) in [6, 6.07) is 13.0. The molecule has 1 amide bonds. The van der Waals surface area contributed by atoms with Gasteiger partial charge in [0, 0.05) is 17.2 Å². The average Bonchev–Trinajstić information content (AvgIpc) is 3.22. The molecule has 25 heavy (non-hydrogen) atoms. The van der Waals surface area contributed by atoms with E-state index in [4.69, 9.17) is 0 Å². The summed E-state index contributed by atoms with van der Waals surface area (Å²) >= 11 is 0. The minimum absolute atomic E-state index is 0.275. The number of aromatic nitrogens is 4. The Bertz CT molecular complexity index is 1060. The molecule has 0 aliphatic rings. The van der Waals surface area contributed by atoms with E-state index >= 15 is 0 Å². The molecule has 7 heteroatoms. The van der Waals surface area contributed by atoms with Crippen molar-refractivity contribution in [2.24, 2.45) is 0 Å². The molecular weight excluding hydrogens is 318 g/mol. The molecule has 7 nitrogen and oxygen atoms in total. The number of H-pyrrole nitrogens is 1. The summed E-state index contributed by atoms with van der Waals surface area (Å²) in [5.74, 6) is 0.181. The predicted molar refractivity (Wildman–Crippen MR) is 93.3 cm³/mol. The van der Waals surface area contributed by atoms with Gasteiger partial charge in [-0.05, 0) is 54.5 Å². The van der Waals surface area contributed by atoms with Crippen LogP contribution in [0.25, 0.3) is 22.3 Å². The number of rotatable bonds is 3. The van der Waals surface area contributed by atoms with E-state index in [9.17, 15) is 4.79 Å². The van der Waals surface area contributed by atoms with E-state index in [1.54, 1.807) is 18.2 Å². The predicted octanol–water partition coefficient (Wildman–Crippen LogP) is 3.48. The lowest BCUT2D eigenvalue weighted by molar-refractivity contribution is 0.102. The van der Waals surface area contributed by atoms with E-state index in [0.29, 0.717) is 22.4 Å². The molecule has 0 saturated carbocycles. The van der Waals surface area contributed by atoms with Crippen molar-refractivity contribution in [2.45, 2.75) is 13.8 Å². The maximum Gasteiger partial charge on any atom is 0.256 e. The van der Waals surface area contributed by atoms with Gasteiger partial charge < -0.3 is 5.32 Å². The molecular formula is C18H15N5O2. The van der Waals surface area contributed by atoms with Crippen molar-refractivity contribution in [3.05, 3.63) is 59.2 Å². The minimum Gasteiger partial charge on any atom is -0.305 e. The number of nitrogens with zero attached hydrogens (tertiary/aromatic N) is 3. The number of amides is 1. The highest BCUT2D eigenvalue weighted by atomic mass is 16.6. The summed E-state index contributed by atoms with van der Waals surface area (Å²) < 4.78 is 4.64. The number of carbonyl (C=O) groups is 1. The molecule has 0 fully saturated rings. The smallest absolute Gasteiger partial charge is 0.256 e. The highest BCUT2D eigenvalue weighted by Gasteiger charge is 2.12. The normalized spacial score (nSPS) is 11.0. The van der Waals surface area contributed by atoms with Crippen molar-refractivity contribution in [3.8, 4) is 11.3 Å². The molecule has 0 atom stereocenters. The highest BCUT2D eigenvalue weighted by molar-refractivity contribution is 6.05. The molecule has 0 unspecified atom stereocenters. The summed E-state index contributed by atoms with van der Waals surface area (Å²) in [6.45, 7) is 4.09. The molecule has 0 spiro atoms. The van der Waals surface area contributed by atoms with Gasteiger partial charge in [-0.25, -0.2) is 4.63 Å². The molecule has 0 aliphatic carbocycles. The topological polar surface area (TPSA) is 96.7 Å². The molecule has 2 aromatic carbocycles. The number of aromatic amines is 1. The minimum atomic E-state index is -0.275. The first-order valence-electron chi connectivity index (χ1n) is 7.76. The first-order valence-corrected chi connectivity index (χ1v) is 7.76. The summed E-state index contributed by atoms with van der Waals surface area (Å²) in [4.78, 5) is 12.4. The second-order valence-corrected chi connectivity index (χ2v) is 5.97. The van der Waals surface area contributed by atoms with Crippen LogP contribution in [-0.2, 0) is 0 Å². The van der Waals surface area contributed by atoms with Crippen LogP contribution < -0.4 is 5.32 Å². The summed E-state index contributed by atoms with van der Waals surface area (Å²) in [7, 11) is 0. The fourth-order valence-electron chi connectivity index (χ4n) is 2.78. The molecule has 124 valence electrons. The van der Waals surface area contributed by atoms with Gasteiger partial charge in [0.25, 0.3) is 5.91 Å². The molecule has 2 N–H and O–H groups in total. The van der Waals surface area contributed by atoms with Crippen molar-refractivity contribution >= 4 is 22.8 Å². The van der Waals surface area contributed by atoms with Crippen molar-refractivity contribution in [1.29, 1.82) is 0 Å². The molecule has 2 aromatic heterocycles. The first kappa shape index (κ1) is 15.1. The molecule has 4 aromatic rings. The molecule has 4 rings (SSSR count). The van der Waals surface area contributed by atoms with E-state index in [1.165, 1.54) is 11.1 Å². The van der Waals surface area contributed by atoms with Crippen LogP contribution >= 0.6 is 0 Å². The molecule has 0 radical (unpaired) electrons. The van der Waals surface area contributed by atoms with Crippen LogP contribution in [0.2, 0.25) is 0 Å². The fraction of sp³-hybridized carbons (Fsp3) is 0.111. The second-order valence-electron chi connectivity index (χ2n) is 5.97. The van der Waals surface area contributed by atoms with Crippen LogP contribution in [0.15, 0.2) is 47.1 Å². The monoisotopic (exact) mass is 333 g/mol. The van der Waals surface area contributed by atoms with E-state index in [0.717, 1.165) is 11.3 Å². The van der Waals surface area contributed by atoms with Crippen molar-refractivity contribution < 1.29 is 9.42 Å². The number of hydrogen-bond acceptors (Lipinski definition) is 5. The Morgan fingerprint density at radius 2 is 1.76 bits per heavy atom. The Hall–Kier alpha value is -3.48. The summed E-state index contributed by atoms with van der Waals surface area (Å²) in [5.41, 5.74) is 5.81. The first-order chi connectivity index (χ1) is 12.1. The summed E-state index contributed by atoms with van der Waals surface area (Å²) in [5, 5.41) is 17.4. The van der Waals surface area contributed by atoms with Crippen LogP contribution in [0.1, 0.15) is 21.5 Å². The van der Waals surface area contributed by atoms with E-state index < -0.39 is 0 Å². The van der Waals surface area contributed by atoms with Crippen molar-refractivity contribution in [1.82, 2.24) is 20.5 Å². The van der Waals surface area contributed by atoms with Gasteiger partial charge in [0.2, 0.25) is 0 Å². The van der Waals surface area contributed by atoms with E-state index in [2.05, 4.69) is 48.7 Å². The standard InChI is InChI=1S/C18H15N5O2/c1-10-5-11(2)7-13(6-10)15-9-17(21-20-15)19-18(24)12-3-4-14-16(8-12)23-25-22-14/h3-9H,1-2H3,(H2,19,20,21,24). The third-order valence-corrected chi connectivity index (χ3v) is 3.87. The van der Waals surface area contributed by atoms with Crippen molar-refractivity contribution in [2.75, 3.05) is 5.32 Å². The lowest BCUT2D eigenvalue weighted by atomic mass is 10.1. The maximum absolute atomic E-state index is 12.4. The number of aryl methyl sites for hydroxylation is 2. The van der Waals surface area contributed by atoms with Crippen LogP contribution in [0, 0.1) is 13.8 Å². The van der Waals surface area contributed by atoms with Crippen molar-refractivity contribution in [3.63, 3.8) is 0 Å². The Kier molecular flexibility index (Phi) is 3.53. The van der Waals surface area contributed by atoms with Crippen LogP contribution in [-0.4, -0.2) is 26.4 Å². The Labute approximate surface area is 143 Å².